The van der Waals surface area contributed by atoms with Gasteiger partial charge in [-0.15, -0.1) is 0 Å². The number of piperidine rings is 1. The van der Waals surface area contributed by atoms with Crippen LogP contribution in [0.2, 0.25) is 0 Å². The van der Waals surface area contributed by atoms with Gasteiger partial charge in [0.1, 0.15) is 11.4 Å². The van der Waals surface area contributed by atoms with Crippen LogP contribution >= 0.6 is 0 Å². The number of methoxy groups -OCH3 is 1. The third-order valence-corrected chi connectivity index (χ3v) is 4.14. The number of benzene rings is 1. The second-order valence-electron chi connectivity index (χ2n) is 7.19. The fourth-order valence-electron chi connectivity index (χ4n) is 2.99. The fraction of sp³-hybridized carbons (Fsp3) is 0.611. The Morgan fingerprint density at radius 3 is 2.39 bits per heavy atom. The Hall–Kier alpha value is -1.62. The van der Waals surface area contributed by atoms with Crippen molar-refractivity contribution in [2.45, 2.75) is 51.9 Å². The number of halogens is 1. The predicted octanol–water partition coefficient (Wildman–Crippen LogP) is 4.16. The van der Waals surface area contributed by atoms with Gasteiger partial charge in [0, 0.05) is 19.6 Å². The van der Waals surface area contributed by atoms with Crippen molar-refractivity contribution < 1.29 is 18.7 Å². The van der Waals surface area contributed by atoms with Gasteiger partial charge in [-0.25, -0.2) is 9.18 Å². The lowest BCUT2D eigenvalue weighted by molar-refractivity contribution is -0.0416. The molecule has 128 valence electrons. The number of carbonyl (C=O) groups excluding carboxylic acids is 1. The first kappa shape index (κ1) is 17.7. The summed E-state index contributed by atoms with van der Waals surface area (Å²) in [6, 6.07) is 6.11. The Bertz CT molecular complexity index is 538. The Labute approximate surface area is 137 Å². The molecular weight excluding hydrogens is 297 g/mol. The van der Waals surface area contributed by atoms with Crippen molar-refractivity contribution in [2.24, 2.45) is 5.92 Å². The second-order valence-corrected chi connectivity index (χ2v) is 7.19. The molecule has 1 fully saturated rings. The van der Waals surface area contributed by atoms with Gasteiger partial charge in [0.2, 0.25) is 0 Å². The van der Waals surface area contributed by atoms with Gasteiger partial charge < -0.3 is 14.4 Å². The first-order valence-corrected chi connectivity index (χ1v) is 7.99. The Morgan fingerprint density at radius 1 is 1.26 bits per heavy atom. The fourth-order valence-corrected chi connectivity index (χ4v) is 2.99. The van der Waals surface area contributed by atoms with Crippen LogP contribution in [0.4, 0.5) is 9.18 Å². The maximum atomic E-state index is 13.2. The minimum Gasteiger partial charge on any atom is -0.444 e. The van der Waals surface area contributed by atoms with E-state index in [2.05, 4.69) is 6.92 Å². The summed E-state index contributed by atoms with van der Waals surface area (Å²) in [6.07, 6.45) is 0.389. The van der Waals surface area contributed by atoms with Gasteiger partial charge in [0.05, 0.1) is 12.1 Å². The van der Waals surface area contributed by atoms with Crippen molar-refractivity contribution in [1.82, 2.24) is 4.90 Å². The third kappa shape index (κ3) is 4.44. The first-order chi connectivity index (χ1) is 10.7. The molecule has 1 amide bonds. The van der Waals surface area contributed by atoms with Crippen molar-refractivity contribution >= 4 is 6.09 Å². The molecule has 1 unspecified atom stereocenters. The molecule has 0 bridgehead atoms. The van der Waals surface area contributed by atoms with Crippen LogP contribution in [0.5, 0.6) is 0 Å². The summed E-state index contributed by atoms with van der Waals surface area (Å²) in [7, 11) is 1.69. The zero-order valence-electron chi connectivity index (χ0n) is 14.5. The van der Waals surface area contributed by atoms with E-state index >= 15 is 0 Å². The van der Waals surface area contributed by atoms with E-state index in [1.807, 2.05) is 20.8 Å². The van der Waals surface area contributed by atoms with E-state index in [0.717, 1.165) is 5.56 Å². The molecule has 1 heterocycles. The summed E-state index contributed by atoms with van der Waals surface area (Å²) in [5.74, 6) is -0.0748. The molecule has 1 saturated heterocycles. The third-order valence-electron chi connectivity index (χ3n) is 4.14. The van der Waals surface area contributed by atoms with Gasteiger partial charge >= 0.3 is 6.09 Å². The van der Waals surface area contributed by atoms with E-state index in [1.165, 1.54) is 12.1 Å². The minimum atomic E-state index is -0.550. The van der Waals surface area contributed by atoms with Crippen LogP contribution in [0.15, 0.2) is 24.3 Å². The van der Waals surface area contributed by atoms with Crippen LogP contribution in [0.3, 0.4) is 0 Å². The Balaban J connectivity index is 2.28. The highest BCUT2D eigenvalue weighted by molar-refractivity contribution is 5.69. The molecule has 1 aliphatic heterocycles. The molecule has 4 nitrogen and oxygen atoms in total. The summed E-state index contributed by atoms with van der Waals surface area (Å²) in [5, 5.41) is 0. The van der Waals surface area contributed by atoms with Crippen LogP contribution < -0.4 is 0 Å². The van der Waals surface area contributed by atoms with E-state index < -0.39 is 5.60 Å². The van der Waals surface area contributed by atoms with Crippen LogP contribution in [-0.4, -0.2) is 36.4 Å². The summed E-state index contributed by atoms with van der Waals surface area (Å²) in [4.78, 5) is 14.3. The molecule has 23 heavy (non-hydrogen) atoms. The molecule has 1 aliphatic rings. The van der Waals surface area contributed by atoms with Crippen LogP contribution in [0, 0.1) is 11.7 Å². The summed E-state index contributed by atoms with van der Waals surface area (Å²) in [5.41, 5.74) is 0.345. The number of hydrogen-bond donors (Lipinski definition) is 0. The maximum Gasteiger partial charge on any atom is 0.410 e. The molecule has 1 aromatic rings. The molecule has 5 heteroatoms. The van der Waals surface area contributed by atoms with Gasteiger partial charge in [-0.1, -0.05) is 19.1 Å². The van der Waals surface area contributed by atoms with E-state index in [4.69, 9.17) is 9.47 Å². The summed E-state index contributed by atoms with van der Waals surface area (Å²) in [6.45, 7) is 8.16. The standard InChI is InChI=1S/C18H26FNO3/c1-12-11-20(17(21)23-18(2,3)4)15(10-16(12)22-5)13-6-8-14(19)9-7-13/h6-9,12,15-16H,10-11H2,1-5H3/t12-,15-,16?/m1/s1. The molecule has 0 N–H and O–H groups in total. The molecule has 2 rings (SSSR count). The van der Waals surface area contributed by atoms with E-state index in [9.17, 15) is 9.18 Å². The van der Waals surface area contributed by atoms with Crippen LogP contribution in [0.1, 0.15) is 45.7 Å². The molecule has 0 aliphatic carbocycles. The van der Waals surface area contributed by atoms with Crippen molar-refractivity contribution in [1.29, 1.82) is 0 Å². The maximum absolute atomic E-state index is 13.2. The monoisotopic (exact) mass is 323 g/mol. The van der Waals surface area contributed by atoms with Crippen LogP contribution in [-0.2, 0) is 9.47 Å². The average Bonchev–Trinajstić information content (AvgIpc) is 2.46. The highest BCUT2D eigenvalue weighted by Crippen LogP contribution is 2.35. The zero-order chi connectivity index (χ0) is 17.2. The van der Waals surface area contributed by atoms with E-state index in [1.54, 1.807) is 24.1 Å². The Kier molecular flexibility index (Phi) is 5.30. The van der Waals surface area contributed by atoms with Crippen molar-refractivity contribution in [3.63, 3.8) is 0 Å². The van der Waals surface area contributed by atoms with Crippen molar-refractivity contribution in [3.8, 4) is 0 Å². The summed E-state index contributed by atoms with van der Waals surface area (Å²) < 4.78 is 24.3. The molecular formula is C18H26FNO3. The van der Waals surface area contributed by atoms with Crippen molar-refractivity contribution in [3.05, 3.63) is 35.6 Å². The molecule has 1 aromatic carbocycles. The Morgan fingerprint density at radius 2 is 1.87 bits per heavy atom. The number of likely N-dealkylation sites (tertiary alicyclic amines) is 1. The van der Waals surface area contributed by atoms with E-state index in [-0.39, 0.29) is 30.0 Å². The van der Waals surface area contributed by atoms with E-state index in [0.29, 0.717) is 13.0 Å². The molecule has 0 radical (unpaired) electrons. The first-order valence-electron chi connectivity index (χ1n) is 7.99. The molecule has 3 atom stereocenters. The number of hydrogen-bond acceptors (Lipinski definition) is 3. The lowest BCUT2D eigenvalue weighted by Crippen LogP contribution is -2.49. The number of ether oxygens (including phenoxy) is 2. The SMILES string of the molecule is COC1C[C@H](c2ccc(F)cc2)N(C(=O)OC(C)(C)C)C[C@H]1C. The van der Waals surface area contributed by atoms with Gasteiger partial charge in [0.15, 0.2) is 0 Å². The number of rotatable bonds is 2. The summed E-state index contributed by atoms with van der Waals surface area (Å²) >= 11 is 0. The lowest BCUT2D eigenvalue weighted by atomic mass is 9.87. The number of amides is 1. The highest BCUT2D eigenvalue weighted by Gasteiger charge is 2.38. The van der Waals surface area contributed by atoms with Crippen molar-refractivity contribution in [2.75, 3.05) is 13.7 Å². The smallest absolute Gasteiger partial charge is 0.410 e. The lowest BCUT2D eigenvalue weighted by Gasteiger charge is -2.42. The molecule has 0 aromatic heterocycles. The quantitative estimate of drug-likeness (QED) is 0.820. The second kappa shape index (κ2) is 6.87. The van der Waals surface area contributed by atoms with Gasteiger partial charge in [-0.3, -0.25) is 0 Å². The molecule has 0 spiro atoms. The predicted molar refractivity (Wildman–Crippen MR) is 86.7 cm³/mol. The average molecular weight is 323 g/mol. The van der Waals surface area contributed by atoms with Crippen LogP contribution in [0.25, 0.3) is 0 Å². The highest BCUT2D eigenvalue weighted by atomic mass is 19.1. The van der Waals surface area contributed by atoms with Gasteiger partial charge in [-0.05, 0) is 44.9 Å². The topological polar surface area (TPSA) is 38.8 Å². The number of carbonyl (C=O) groups is 1. The zero-order valence-corrected chi connectivity index (χ0v) is 14.5. The molecule has 0 saturated carbocycles. The normalized spacial score (nSPS) is 25.3. The number of nitrogens with zero attached hydrogens (tertiary/aromatic N) is 1. The largest absolute Gasteiger partial charge is 0.444 e. The minimum absolute atomic E-state index is 0.0590. The van der Waals surface area contributed by atoms with Gasteiger partial charge in [-0.2, -0.15) is 0 Å². The van der Waals surface area contributed by atoms with Gasteiger partial charge in [0.25, 0.3) is 0 Å².